The lowest BCUT2D eigenvalue weighted by Crippen LogP contribution is -2.52. The molecule has 1 aliphatic rings. The summed E-state index contributed by atoms with van der Waals surface area (Å²) in [5.41, 5.74) is 1.32. The Balaban J connectivity index is 1.65. The second kappa shape index (κ2) is 6.64. The molecule has 1 N–H and O–H groups in total. The van der Waals surface area contributed by atoms with Crippen molar-refractivity contribution in [1.29, 1.82) is 0 Å². The van der Waals surface area contributed by atoms with Crippen LogP contribution in [0.4, 0.5) is 0 Å². The van der Waals surface area contributed by atoms with Gasteiger partial charge >= 0.3 is 0 Å². The number of amides is 2. The molecular weight excluding hydrogens is 294 g/mol. The van der Waals surface area contributed by atoms with Crippen LogP contribution in [0.25, 0.3) is 0 Å². The average molecular weight is 313 g/mol. The fourth-order valence-electron chi connectivity index (χ4n) is 2.78. The fraction of sp³-hybridized carbons (Fsp3) is 0.353. The Kier molecular flexibility index (Phi) is 4.41. The number of carbonyl (C=O) groups excluding carboxylic acids is 2. The van der Waals surface area contributed by atoms with Crippen molar-refractivity contribution in [2.45, 2.75) is 32.4 Å². The maximum Gasteiger partial charge on any atom is 0.274 e. The Morgan fingerprint density at radius 1 is 1.39 bits per heavy atom. The van der Waals surface area contributed by atoms with Gasteiger partial charge in [0.1, 0.15) is 11.8 Å². The number of nitrogens with one attached hydrogen (secondary N) is 1. The Bertz CT molecular complexity index is 696. The van der Waals surface area contributed by atoms with Crippen LogP contribution in [0.3, 0.4) is 0 Å². The van der Waals surface area contributed by atoms with Gasteiger partial charge in [0.25, 0.3) is 5.91 Å². The third kappa shape index (κ3) is 3.41. The molecule has 0 saturated carbocycles. The van der Waals surface area contributed by atoms with E-state index in [0.29, 0.717) is 25.3 Å². The van der Waals surface area contributed by atoms with Crippen molar-refractivity contribution in [1.82, 2.24) is 15.2 Å². The summed E-state index contributed by atoms with van der Waals surface area (Å²) in [6, 6.07) is 9.34. The second-order valence-corrected chi connectivity index (χ2v) is 5.67. The molecule has 0 unspecified atom stereocenters. The maximum atomic E-state index is 12.6. The zero-order valence-corrected chi connectivity index (χ0v) is 13.0. The van der Waals surface area contributed by atoms with Crippen molar-refractivity contribution in [3.8, 4) is 0 Å². The van der Waals surface area contributed by atoms with Gasteiger partial charge in [-0.3, -0.25) is 9.59 Å². The van der Waals surface area contributed by atoms with Gasteiger partial charge in [-0.05, 0) is 25.3 Å². The SMILES string of the molecule is Cc1ocnc1C(=O)N[C@H]1CCCN(Cc2ccccc2)C1=O. The third-order valence-electron chi connectivity index (χ3n) is 4.01. The minimum Gasteiger partial charge on any atom is -0.448 e. The Hall–Kier alpha value is -2.63. The maximum absolute atomic E-state index is 12.6. The normalized spacial score (nSPS) is 18.0. The number of aryl methyl sites for hydroxylation is 1. The predicted molar refractivity (Wildman–Crippen MR) is 83.6 cm³/mol. The van der Waals surface area contributed by atoms with Crippen LogP contribution in [-0.2, 0) is 11.3 Å². The summed E-state index contributed by atoms with van der Waals surface area (Å²) >= 11 is 0. The number of likely N-dealkylation sites (tertiary alicyclic amines) is 1. The first-order valence-corrected chi connectivity index (χ1v) is 7.69. The van der Waals surface area contributed by atoms with Crippen LogP contribution in [0.5, 0.6) is 0 Å². The van der Waals surface area contributed by atoms with Crippen LogP contribution >= 0.6 is 0 Å². The molecule has 2 heterocycles. The molecule has 1 aromatic carbocycles. The summed E-state index contributed by atoms with van der Waals surface area (Å²) in [6.07, 6.45) is 2.74. The molecule has 1 atom stereocenters. The van der Waals surface area contributed by atoms with Crippen LogP contribution in [0, 0.1) is 6.92 Å². The van der Waals surface area contributed by atoms with Crippen molar-refractivity contribution in [3.63, 3.8) is 0 Å². The van der Waals surface area contributed by atoms with E-state index in [-0.39, 0.29) is 17.5 Å². The molecule has 0 bridgehead atoms. The van der Waals surface area contributed by atoms with Gasteiger partial charge in [-0.1, -0.05) is 30.3 Å². The minimum absolute atomic E-state index is 0.0467. The molecule has 2 amide bonds. The lowest BCUT2D eigenvalue weighted by atomic mass is 10.0. The number of aromatic nitrogens is 1. The molecule has 1 aromatic heterocycles. The largest absolute Gasteiger partial charge is 0.448 e. The molecule has 0 spiro atoms. The van der Waals surface area contributed by atoms with Crippen LogP contribution in [0.1, 0.15) is 34.7 Å². The van der Waals surface area contributed by atoms with Gasteiger partial charge in [-0.25, -0.2) is 4.98 Å². The Labute approximate surface area is 134 Å². The zero-order chi connectivity index (χ0) is 16.2. The first-order valence-electron chi connectivity index (χ1n) is 7.69. The number of hydrogen-bond acceptors (Lipinski definition) is 4. The van der Waals surface area contributed by atoms with E-state index in [9.17, 15) is 9.59 Å². The average Bonchev–Trinajstić information content (AvgIpc) is 2.98. The highest BCUT2D eigenvalue weighted by Gasteiger charge is 2.30. The van der Waals surface area contributed by atoms with E-state index in [0.717, 1.165) is 12.0 Å². The number of carbonyl (C=O) groups is 2. The topological polar surface area (TPSA) is 75.4 Å². The first-order chi connectivity index (χ1) is 11.1. The van der Waals surface area contributed by atoms with Crippen LogP contribution in [-0.4, -0.2) is 34.3 Å². The predicted octanol–water partition coefficient (Wildman–Crippen LogP) is 1.90. The van der Waals surface area contributed by atoms with Gasteiger partial charge < -0.3 is 14.6 Å². The molecule has 3 rings (SSSR count). The van der Waals surface area contributed by atoms with E-state index in [2.05, 4.69) is 10.3 Å². The molecule has 2 aromatic rings. The van der Waals surface area contributed by atoms with E-state index in [1.165, 1.54) is 6.39 Å². The molecule has 6 heteroatoms. The lowest BCUT2D eigenvalue weighted by molar-refractivity contribution is -0.136. The monoisotopic (exact) mass is 313 g/mol. The molecular formula is C17H19N3O3. The highest BCUT2D eigenvalue weighted by molar-refractivity contribution is 5.96. The second-order valence-electron chi connectivity index (χ2n) is 5.67. The smallest absolute Gasteiger partial charge is 0.274 e. The van der Waals surface area contributed by atoms with Crippen LogP contribution < -0.4 is 5.32 Å². The summed E-state index contributed by atoms with van der Waals surface area (Å²) in [4.78, 5) is 30.5. The van der Waals surface area contributed by atoms with Gasteiger partial charge in [-0.15, -0.1) is 0 Å². The van der Waals surface area contributed by atoms with Crippen molar-refractivity contribution >= 4 is 11.8 Å². The fourth-order valence-corrected chi connectivity index (χ4v) is 2.78. The molecule has 0 radical (unpaired) electrons. The summed E-state index contributed by atoms with van der Waals surface area (Å²) < 4.78 is 5.03. The number of benzene rings is 1. The summed E-state index contributed by atoms with van der Waals surface area (Å²) in [5.74, 6) is 0.0395. The molecule has 0 aliphatic carbocycles. The molecule has 23 heavy (non-hydrogen) atoms. The number of piperidine rings is 1. The van der Waals surface area contributed by atoms with Gasteiger partial charge in [0, 0.05) is 13.1 Å². The number of rotatable bonds is 4. The summed E-state index contributed by atoms with van der Waals surface area (Å²) in [5, 5.41) is 2.77. The molecule has 6 nitrogen and oxygen atoms in total. The van der Waals surface area contributed by atoms with Gasteiger partial charge in [0.2, 0.25) is 5.91 Å². The van der Waals surface area contributed by atoms with Gasteiger partial charge in [-0.2, -0.15) is 0 Å². The standard InChI is InChI=1S/C17H19N3O3/c1-12-15(18-11-23-12)16(21)19-14-8-5-9-20(17(14)22)10-13-6-3-2-4-7-13/h2-4,6-7,11,14H,5,8-10H2,1H3,(H,19,21)/t14-/m0/s1. The van der Waals surface area contributed by atoms with Gasteiger partial charge in [0.15, 0.2) is 12.1 Å². The Morgan fingerprint density at radius 2 is 2.17 bits per heavy atom. The Morgan fingerprint density at radius 3 is 2.87 bits per heavy atom. The number of oxazole rings is 1. The zero-order valence-electron chi connectivity index (χ0n) is 13.0. The van der Waals surface area contributed by atoms with Crippen molar-refractivity contribution in [3.05, 3.63) is 53.7 Å². The molecule has 1 aliphatic heterocycles. The first kappa shape index (κ1) is 15.3. The molecule has 1 saturated heterocycles. The van der Waals surface area contributed by atoms with E-state index in [1.807, 2.05) is 30.3 Å². The van der Waals surface area contributed by atoms with Crippen LogP contribution in [0.15, 0.2) is 41.1 Å². The van der Waals surface area contributed by atoms with E-state index >= 15 is 0 Å². The van der Waals surface area contributed by atoms with Crippen molar-refractivity contribution in [2.75, 3.05) is 6.54 Å². The number of nitrogens with zero attached hydrogens (tertiary/aromatic N) is 2. The highest BCUT2D eigenvalue weighted by Crippen LogP contribution is 2.16. The molecule has 1 fully saturated rings. The van der Waals surface area contributed by atoms with Gasteiger partial charge in [0.05, 0.1) is 0 Å². The number of hydrogen-bond donors (Lipinski definition) is 1. The molecule has 120 valence electrons. The minimum atomic E-state index is -0.504. The van der Waals surface area contributed by atoms with E-state index in [4.69, 9.17) is 4.42 Å². The van der Waals surface area contributed by atoms with Crippen molar-refractivity contribution in [2.24, 2.45) is 0 Å². The van der Waals surface area contributed by atoms with E-state index in [1.54, 1.807) is 11.8 Å². The van der Waals surface area contributed by atoms with Crippen LogP contribution in [0.2, 0.25) is 0 Å². The van der Waals surface area contributed by atoms with E-state index < -0.39 is 6.04 Å². The van der Waals surface area contributed by atoms with Crippen molar-refractivity contribution < 1.29 is 14.0 Å². The lowest BCUT2D eigenvalue weighted by Gasteiger charge is -2.32. The summed E-state index contributed by atoms with van der Waals surface area (Å²) in [7, 11) is 0. The highest BCUT2D eigenvalue weighted by atomic mass is 16.3. The summed E-state index contributed by atoms with van der Waals surface area (Å²) in [6.45, 7) is 2.95. The quantitative estimate of drug-likeness (QED) is 0.935. The third-order valence-corrected chi connectivity index (χ3v) is 4.01.